The fourth-order valence-corrected chi connectivity index (χ4v) is 4.61. The molecular formula is C19H28O2. The lowest BCUT2D eigenvalue weighted by atomic mass is 9.66. The van der Waals surface area contributed by atoms with Gasteiger partial charge in [-0.15, -0.1) is 0 Å². The van der Waals surface area contributed by atoms with Crippen LogP contribution in [0.2, 0.25) is 0 Å². The Morgan fingerprint density at radius 1 is 1.14 bits per heavy atom. The van der Waals surface area contributed by atoms with Gasteiger partial charge < -0.3 is 10.2 Å². The minimum absolute atomic E-state index is 0.0890. The average molecular weight is 288 g/mol. The largest absolute Gasteiger partial charge is 0.393 e. The molecule has 3 rings (SSSR count). The standard InChI is InChI=1S/C19H28O2/c1-13-5-8-16(20)12-15(13)7-6-14-4-3-11-19(2)17(14)9-10-18(19)21/h6-7,16-18,20-21H,1,3-5,8-12H2,2H3/t16-,17-,18-,19-/m0/s1. The van der Waals surface area contributed by atoms with Crippen LogP contribution in [0.4, 0.5) is 0 Å². The van der Waals surface area contributed by atoms with Crippen LogP contribution in [0.5, 0.6) is 0 Å². The van der Waals surface area contributed by atoms with Crippen LogP contribution in [0.15, 0.2) is 35.5 Å². The zero-order valence-electron chi connectivity index (χ0n) is 13.1. The topological polar surface area (TPSA) is 40.5 Å². The summed E-state index contributed by atoms with van der Waals surface area (Å²) in [5, 5.41) is 20.1. The van der Waals surface area contributed by atoms with E-state index < -0.39 is 0 Å². The van der Waals surface area contributed by atoms with E-state index in [1.807, 2.05) is 0 Å². The van der Waals surface area contributed by atoms with Crippen LogP contribution >= 0.6 is 0 Å². The van der Waals surface area contributed by atoms with Crippen LogP contribution in [-0.2, 0) is 0 Å². The third-order valence-corrected chi connectivity index (χ3v) is 6.10. The van der Waals surface area contributed by atoms with Crippen molar-refractivity contribution < 1.29 is 10.2 Å². The van der Waals surface area contributed by atoms with Gasteiger partial charge >= 0.3 is 0 Å². The summed E-state index contributed by atoms with van der Waals surface area (Å²) < 4.78 is 0. The van der Waals surface area contributed by atoms with Crippen molar-refractivity contribution in [3.8, 4) is 0 Å². The fourth-order valence-electron chi connectivity index (χ4n) is 4.61. The van der Waals surface area contributed by atoms with Gasteiger partial charge in [-0.3, -0.25) is 0 Å². The first-order chi connectivity index (χ1) is 10.0. The van der Waals surface area contributed by atoms with Crippen LogP contribution < -0.4 is 0 Å². The van der Waals surface area contributed by atoms with E-state index in [1.165, 1.54) is 23.1 Å². The Labute approximate surface area is 128 Å². The summed E-state index contributed by atoms with van der Waals surface area (Å²) in [7, 11) is 0. The van der Waals surface area contributed by atoms with E-state index in [0.29, 0.717) is 5.92 Å². The highest BCUT2D eigenvalue weighted by molar-refractivity contribution is 5.36. The molecule has 3 aliphatic rings. The summed E-state index contributed by atoms with van der Waals surface area (Å²) in [6.07, 6.45) is 12.2. The molecule has 0 amide bonds. The number of hydrogen-bond donors (Lipinski definition) is 2. The molecule has 2 heteroatoms. The van der Waals surface area contributed by atoms with Gasteiger partial charge in [0.15, 0.2) is 0 Å². The molecule has 0 unspecified atom stereocenters. The minimum atomic E-state index is -0.204. The molecule has 0 aromatic rings. The molecule has 0 spiro atoms. The molecule has 0 heterocycles. The number of aliphatic hydroxyl groups excluding tert-OH is 2. The van der Waals surface area contributed by atoms with Crippen molar-refractivity contribution in [3.63, 3.8) is 0 Å². The predicted octanol–water partition coefficient (Wildman–Crippen LogP) is 3.90. The monoisotopic (exact) mass is 288 g/mol. The van der Waals surface area contributed by atoms with E-state index in [4.69, 9.17) is 0 Å². The number of aliphatic hydroxyl groups is 2. The van der Waals surface area contributed by atoms with Gasteiger partial charge in [-0.1, -0.05) is 36.8 Å². The van der Waals surface area contributed by atoms with Gasteiger partial charge in [0.2, 0.25) is 0 Å². The lowest BCUT2D eigenvalue weighted by molar-refractivity contribution is 0.0301. The highest BCUT2D eigenvalue weighted by atomic mass is 16.3. The van der Waals surface area contributed by atoms with Crippen molar-refractivity contribution in [2.75, 3.05) is 0 Å². The summed E-state index contributed by atoms with van der Waals surface area (Å²) in [6.45, 7) is 6.40. The normalized spacial score (nSPS) is 44.3. The maximum absolute atomic E-state index is 10.3. The van der Waals surface area contributed by atoms with Crippen molar-refractivity contribution >= 4 is 0 Å². The van der Waals surface area contributed by atoms with E-state index in [1.54, 1.807) is 0 Å². The first-order valence-electron chi connectivity index (χ1n) is 8.44. The minimum Gasteiger partial charge on any atom is -0.393 e. The Morgan fingerprint density at radius 2 is 1.95 bits per heavy atom. The Balaban J connectivity index is 1.81. The third-order valence-electron chi connectivity index (χ3n) is 6.10. The quantitative estimate of drug-likeness (QED) is 0.768. The number of hydrogen-bond acceptors (Lipinski definition) is 2. The molecular weight excluding hydrogens is 260 g/mol. The highest BCUT2D eigenvalue weighted by Crippen LogP contribution is 2.54. The average Bonchev–Trinajstić information content (AvgIpc) is 2.76. The molecule has 0 aromatic heterocycles. The SMILES string of the molecule is C=C1CC[C@H](O)CC1=CC=C1CCC[C@]2(C)[C@@H](O)CC[C@@H]12. The molecule has 3 fully saturated rings. The van der Waals surface area contributed by atoms with Gasteiger partial charge in [0.1, 0.15) is 0 Å². The van der Waals surface area contributed by atoms with Crippen LogP contribution in [0.1, 0.15) is 58.3 Å². The first kappa shape index (κ1) is 15.1. The Bertz CT molecular complexity index is 488. The number of allylic oxidation sites excluding steroid dienone is 4. The number of fused-ring (bicyclic) bond motifs is 1. The van der Waals surface area contributed by atoms with E-state index in [9.17, 15) is 10.2 Å². The summed E-state index contributed by atoms with van der Waals surface area (Å²) in [5.41, 5.74) is 3.99. The van der Waals surface area contributed by atoms with Crippen molar-refractivity contribution in [2.24, 2.45) is 11.3 Å². The predicted molar refractivity (Wildman–Crippen MR) is 85.9 cm³/mol. The molecule has 3 saturated carbocycles. The number of rotatable bonds is 1. The fraction of sp³-hybridized carbons (Fsp3) is 0.684. The third kappa shape index (κ3) is 2.76. The molecule has 2 nitrogen and oxygen atoms in total. The molecule has 0 aliphatic heterocycles. The second-order valence-electron chi connectivity index (χ2n) is 7.44. The van der Waals surface area contributed by atoms with Gasteiger partial charge in [0.05, 0.1) is 12.2 Å². The van der Waals surface area contributed by atoms with Gasteiger partial charge in [0.25, 0.3) is 0 Å². The Hall–Kier alpha value is -0.860. The van der Waals surface area contributed by atoms with Gasteiger partial charge in [-0.25, -0.2) is 0 Å². The first-order valence-corrected chi connectivity index (χ1v) is 8.44. The van der Waals surface area contributed by atoms with E-state index in [2.05, 4.69) is 25.7 Å². The molecule has 3 aliphatic carbocycles. The summed E-state index contributed by atoms with van der Waals surface area (Å²) in [6, 6.07) is 0. The maximum atomic E-state index is 10.3. The van der Waals surface area contributed by atoms with Gasteiger partial charge in [-0.2, -0.15) is 0 Å². The molecule has 0 radical (unpaired) electrons. The van der Waals surface area contributed by atoms with Crippen molar-refractivity contribution in [1.29, 1.82) is 0 Å². The van der Waals surface area contributed by atoms with Crippen LogP contribution in [-0.4, -0.2) is 22.4 Å². The Morgan fingerprint density at radius 3 is 2.76 bits per heavy atom. The summed E-state index contributed by atoms with van der Waals surface area (Å²) in [5.74, 6) is 0.542. The molecule has 0 bridgehead atoms. The van der Waals surface area contributed by atoms with E-state index >= 15 is 0 Å². The Kier molecular flexibility index (Phi) is 4.11. The lowest BCUT2D eigenvalue weighted by Gasteiger charge is -2.40. The second-order valence-corrected chi connectivity index (χ2v) is 7.44. The zero-order chi connectivity index (χ0) is 15.0. The molecule has 2 N–H and O–H groups in total. The molecule has 4 atom stereocenters. The van der Waals surface area contributed by atoms with Crippen LogP contribution in [0, 0.1) is 11.3 Å². The van der Waals surface area contributed by atoms with Crippen LogP contribution in [0.25, 0.3) is 0 Å². The lowest BCUT2D eigenvalue weighted by Crippen LogP contribution is -2.36. The smallest absolute Gasteiger partial charge is 0.0599 e. The summed E-state index contributed by atoms with van der Waals surface area (Å²) >= 11 is 0. The van der Waals surface area contributed by atoms with E-state index in [0.717, 1.165) is 44.9 Å². The molecule has 0 saturated heterocycles. The van der Waals surface area contributed by atoms with Crippen molar-refractivity contribution in [3.05, 3.63) is 35.5 Å². The highest BCUT2D eigenvalue weighted by Gasteiger charge is 2.48. The van der Waals surface area contributed by atoms with E-state index in [-0.39, 0.29) is 17.6 Å². The molecule has 116 valence electrons. The molecule has 21 heavy (non-hydrogen) atoms. The van der Waals surface area contributed by atoms with Crippen molar-refractivity contribution in [2.45, 2.75) is 70.5 Å². The van der Waals surface area contributed by atoms with Gasteiger partial charge in [-0.05, 0) is 62.9 Å². The van der Waals surface area contributed by atoms with Crippen molar-refractivity contribution in [1.82, 2.24) is 0 Å². The second kappa shape index (κ2) is 5.73. The molecule has 0 aromatic carbocycles. The van der Waals surface area contributed by atoms with Crippen LogP contribution in [0.3, 0.4) is 0 Å². The maximum Gasteiger partial charge on any atom is 0.0599 e. The zero-order valence-corrected chi connectivity index (χ0v) is 13.1. The summed E-state index contributed by atoms with van der Waals surface area (Å²) in [4.78, 5) is 0. The van der Waals surface area contributed by atoms with Gasteiger partial charge in [0, 0.05) is 5.41 Å².